The number of aromatic nitrogens is 1. The first kappa shape index (κ1) is 13.6. The Morgan fingerprint density at radius 2 is 2.05 bits per heavy atom. The number of carbonyl (C=O) groups is 1. The Kier molecular flexibility index (Phi) is 3.93. The smallest absolute Gasteiger partial charge is 0.337 e. The normalized spacial score (nSPS) is 10.3. The van der Waals surface area contributed by atoms with E-state index < -0.39 is 5.97 Å². The molecule has 6 heteroatoms. The molecule has 0 spiro atoms. The average molecular weight is 298 g/mol. The summed E-state index contributed by atoms with van der Waals surface area (Å²) in [7, 11) is 0. The number of hydrogen-bond donors (Lipinski definition) is 1. The number of aryl methyl sites for hydroxylation is 1. The number of ether oxygens (including phenoxy) is 1. The van der Waals surface area contributed by atoms with Gasteiger partial charge in [0.2, 0.25) is 5.88 Å². The second-order valence-corrected chi connectivity index (χ2v) is 4.60. The Hall–Kier alpha value is -1.78. The number of pyridine rings is 1. The highest BCUT2D eigenvalue weighted by molar-refractivity contribution is 6.35. The van der Waals surface area contributed by atoms with Crippen LogP contribution in [0.2, 0.25) is 10.0 Å². The summed E-state index contributed by atoms with van der Waals surface area (Å²) in [6, 6.07) is 6.53. The van der Waals surface area contributed by atoms with Crippen LogP contribution in [0.5, 0.6) is 11.6 Å². The van der Waals surface area contributed by atoms with Crippen molar-refractivity contribution in [1.82, 2.24) is 4.98 Å². The molecular weight excluding hydrogens is 289 g/mol. The first-order chi connectivity index (χ1) is 8.99. The molecule has 0 aliphatic heterocycles. The van der Waals surface area contributed by atoms with Gasteiger partial charge in [0.15, 0.2) is 0 Å². The summed E-state index contributed by atoms with van der Waals surface area (Å²) >= 11 is 11.9. The quantitative estimate of drug-likeness (QED) is 0.923. The molecule has 98 valence electrons. The molecule has 0 saturated carbocycles. The Morgan fingerprint density at radius 3 is 2.74 bits per heavy atom. The van der Waals surface area contributed by atoms with Crippen LogP contribution in [-0.4, -0.2) is 16.1 Å². The number of hydrogen-bond acceptors (Lipinski definition) is 3. The van der Waals surface area contributed by atoms with Gasteiger partial charge < -0.3 is 9.84 Å². The van der Waals surface area contributed by atoms with Gasteiger partial charge in [-0.05, 0) is 30.7 Å². The second-order valence-electron chi connectivity index (χ2n) is 3.82. The van der Waals surface area contributed by atoms with Crippen molar-refractivity contribution in [2.24, 2.45) is 0 Å². The number of carboxylic acids is 1. The van der Waals surface area contributed by atoms with Crippen molar-refractivity contribution in [3.05, 3.63) is 51.6 Å². The number of carboxylic acid groups (broad SMARTS) is 1. The molecule has 0 bridgehead atoms. The summed E-state index contributed by atoms with van der Waals surface area (Å²) < 4.78 is 5.47. The van der Waals surface area contributed by atoms with Crippen LogP contribution in [0.3, 0.4) is 0 Å². The third-order valence-electron chi connectivity index (χ3n) is 2.38. The molecule has 1 heterocycles. The van der Waals surface area contributed by atoms with Crippen molar-refractivity contribution in [2.45, 2.75) is 6.92 Å². The van der Waals surface area contributed by atoms with E-state index in [1.54, 1.807) is 12.1 Å². The van der Waals surface area contributed by atoms with Crippen LogP contribution < -0.4 is 4.74 Å². The minimum atomic E-state index is -1.15. The summed E-state index contributed by atoms with van der Waals surface area (Å²) in [5.74, 6) is -0.764. The van der Waals surface area contributed by atoms with Gasteiger partial charge in [-0.1, -0.05) is 29.3 Å². The van der Waals surface area contributed by atoms with Crippen LogP contribution in [-0.2, 0) is 0 Å². The SMILES string of the molecule is Cc1ccc(Cl)c(Oc2nccc(C(=O)O)c2Cl)c1. The van der Waals surface area contributed by atoms with Crippen molar-refractivity contribution < 1.29 is 14.6 Å². The van der Waals surface area contributed by atoms with Crippen LogP contribution in [0.4, 0.5) is 0 Å². The van der Waals surface area contributed by atoms with E-state index in [0.717, 1.165) is 5.56 Å². The number of halogens is 2. The Bertz CT molecular complexity index is 644. The lowest BCUT2D eigenvalue weighted by Gasteiger charge is -2.09. The van der Waals surface area contributed by atoms with Crippen LogP contribution in [0.15, 0.2) is 30.5 Å². The monoisotopic (exact) mass is 297 g/mol. The van der Waals surface area contributed by atoms with E-state index in [9.17, 15) is 4.79 Å². The fraction of sp³-hybridized carbons (Fsp3) is 0.0769. The zero-order chi connectivity index (χ0) is 14.0. The average Bonchev–Trinajstić information content (AvgIpc) is 2.36. The standard InChI is InChI=1S/C13H9Cl2NO3/c1-7-2-3-9(14)10(6-7)19-12-11(15)8(13(17)18)4-5-16-12/h2-6H,1H3,(H,17,18). The molecule has 0 radical (unpaired) electrons. The van der Waals surface area contributed by atoms with E-state index in [2.05, 4.69) is 4.98 Å². The minimum absolute atomic E-state index is 0.00840. The summed E-state index contributed by atoms with van der Waals surface area (Å²) in [6.07, 6.45) is 1.31. The molecule has 0 aliphatic rings. The molecular formula is C13H9Cl2NO3. The van der Waals surface area contributed by atoms with Crippen LogP contribution >= 0.6 is 23.2 Å². The number of nitrogens with zero attached hydrogens (tertiary/aromatic N) is 1. The van der Waals surface area contributed by atoms with Gasteiger partial charge in [-0.15, -0.1) is 0 Å². The van der Waals surface area contributed by atoms with E-state index in [-0.39, 0.29) is 16.5 Å². The van der Waals surface area contributed by atoms with E-state index in [1.807, 2.05) is 13.0 Å². The molecule has 0 atom stereocenters. The molecule has 1 aromatic carbocycles. The van der Waals surface area contributed by atoms with Crippen molar-refractivity contribution in [1.29, 1.82) is 0 Å². The number of rotatable bonds is 3. The van der Waals surface area contributed by atoms with Crippen molar-refractivity contribution >= 4 is 29.2 Å². The molecule has 1 aromatic heterocycles. The van der Waals surface area contributed by atoms with Crippen LogP contribution in [0, 0.1) is 6.92 Å². The highest BCUT2D eigenvalue weighted by Gasteiger charge is 2.15. The van der Waals surface area contributed by atoms with E-state index in [0.29, 0.717) is 10.8 Å². The maximum Gasteiger partial charge on any atom is 0.337 e. The molecule has 2 aromatic rings. The lowest BCUT2D eigenvalue weighted by Crippen LogP contribution is -2.00. The predicted octanol–water partition coefficient (Wildman–Crippen LogP) is 4.19. The fourth-order valence-electron chi connectivity index (χ4n) is 1.45. The van der Waals surface area contributed by atoms with Gasteiger partial charge >= 0.3 is 5.97 Å². The molecule has 0 saturated heterocycles. The molecule has 2 rings (SSSR count). The maximum absolute atomic E-state index is 11.0. The van der Waals surface area contributed by atoms with Crippen LogP contribution in [0.25, 0.3) is 0 Å². The van der Waals surface area contributed by atoms with Gasteiger partial charge in [-0.2, -0.15) is 0 Å². The highest BCUT2D eigenvalue weighted by Crippen LogP contribution is 2.34. The van der Waals surface area contributed by atoms with Crippen molar-refractivity contribution in [2.75, 3.05) is 0 Å². The number of aromatic carboxylic acids is 1. The van der Waals surface area contributed by atoms with E-state index in [4.69, 9.17) is 33.0 Å². The van der Waals surface area contributed by atoms with E-state index >= 15 is 0 Å². The predicted molar refractivity (Wildman–Crippen MR) is 72.5 cm³/mol. The summed E-state index contributed by atoms with van der Waals surface area (Å²) in [6.45, 7) is 1.88. The lowest BCUT2D eigenvalue weighted by atomic mass is 10.2. The largest absolute Gasteiger partial charge is 0.478 e. The minimum Gasteiger partial charge on any atom is -0.478 e. The second kappa shape index (κ2) is 5.47. The topological polar surface area (TPSA) is 59.4 Å². The molecule has 19 heavy (non-hydrogen) atoms. The Labute approximate surface area is 119 Å². The molecule has 0 unspecified atom stereocenters. The van der Waals surface area contributed by atoms with Gasteiger partial charge in [0.1, 0.15) is 10.8 Å². The highest BCUT2D eigenvalue weighted by atomic mass is 35.5. The van der Waals surface area contributed by atoms with E-state index in [1.165, 1.54) is 12.3 Å². The molecule has 0 fully saturated rings. The summed E-state index contributed by atoms with van der Waals surface area (Å²) in [5.41, 5.74) is 0.875. The third-order valence-corrected chi connectivity index (χ3v) is 3.06. The first-order valence-electron chi connectivity index (χ1n) is 5.31. The molecule has 0 aliphatic carbocycles. The van der Waals surface area contributed by atoms with Crippen LogP contribution in [0.1, 0.15) is 15.9 Å². The van der Waals surface area contributed by atoms with Gasteiger partial charge in [-0.3, -0.25) is 0 Å². The fourth-order valence-corrected chi connectivity index (χ4v) is 1.84. The van der Waals surface area contributed by atoms with Gasteiger partial charge in [0, 0.05) is 6.20 Å². The first-order valence-corrected chi connectivity index (χ1v) is 6.06. The van der Waals surface area contributed by atoms with Gasteiger partial charge in [0.25, 0.3) is 0 Å². The van der Waals surface area contributed by atoms with Gasteiger partial charge in [-0.25, -0.2) is 9.78 Å². The molecule has 0 amide bonds. The third kappa shape index (κ3) is 2.97. The molecule has 1 N–H and O–H groups in total. The summed E-state index contributed by atoms with van der Waals surface area (Å²) in [4.78, 5) is 14.9. The van der Waals surface area contributed by atoms with Gasteiger partial charge in [0.05, 0.1) is 10.6 Å². The van der Waals surface area contributed by atoms with Crippen molar-refractivity contribution in [3.8, 4) is 11.6 Å². The van der Waals surface area contributed by atoms with Crippen molar-refractivity contribution in [3.63, 3.8) is 0 Å². The Morgan fingerprint density at radius 1 is 1.32 bits per heavy atom. The zero-order valence-corrected chi connectivity index (χ0v) is 11.4. The lowest BCUT2D eigenvalue weighted by molar-refractivity contribution is 0.0696. The Balaban J connectivity index is 2.41. The zero-order valence-electron chi connectivity index (χ0n) is 9.85. The molecule has 4 nitrogen and oxygen atoms in total. The summed E-state index contributed by atoms with van der Waals surface area (Å²) in [5, 5.41) is 9.29. The maximum atomic E-state index is 11.0. The number of benzene rings is 1.